The third kappa shape index (κ3) is 3.38. The number of benzene rings is 1. The fourth-order valence-electron chi connectivity index (χ4n) is 1.99. The van der Waals surface area contributed by atoms with Crippen LogP contribution in [-0.2, 0) is 6.54 Å². The Morgan fingerprint density at radius 2 is 2.20 bits per heavy atom. The van der Waals surface area contributed by atoms with Crippen LogP contribution in [-0.4, -0.2) is 17.4 Å². The van der Waals surface area contributed by atoms with Gasteiger partial charge >= 0.3 is 0 Å². The van der Waals surface area contributed by atoms with Crippen LogP contribution in [0.1, 0.15) is 29.3 Å². The molecule has 20 heavy (non-hydrogen) atoms. The minimum Gasteiger partial charge on any atom is -0.334 e. The fourth-order valence-corrected chi connectivity index (χ4v) is 2.89. The number of carbonyl (C=O) groups is 1. The minimum atomic E-state index is -0.575. The lowest BCUT2D eigenvalue weighted by molar-refractivity contribution is 0.0739. The summed E-state index contributed by atoms with van der Waals surface area (Å²) < 4.78 is 13.9. The van der Waals surface area contributed by atoms with Crippen molar-refractivity contribution in [2.75, 3.05) is 6.54 Å². The molecule has 2 rings (SSSR count). The van der Waals surface area contributed by atoms with E-state index in [0.717, 1.165) is 12.0 Å². The monoisotopic (exact) mass is 311 g/mol. The van der Waals surface area contributed by atoms with E-state index in [-0.39, 0.29) is 16.5 Å². The second kappa shape index (κ2) is 6.86. The molecule has 1 amide bonds. The van der Waals surface area contributed by atoms with Gasteiger partial charge in [0.25, 0.3) is 5.91 Å². The van der Waals surface area contributed by atoms with E-state index >= 15 is 0 Å². The van der Waals surface area contributed by atoms with Gasteiger partial charge < -0.3 is 4.90 Å². The summed E-state index contributed by atoms with van der Waals surface area (Å²) >= 11 is 7.54. The number of rotatable bonds is 5. The molecule has 5 heteroatoms. The molecule has 0 saturated carbocycles. The largest absolute Gasteiger partial charge is 0.334 e. The molecule has 0 spiro atoms. The van der Waals surface area contributed by atoms with Crippen molar-refractivity contribution in [1.29, 1.82) is 0 Å². The molecule has 0 saturated heterocycles. The molecule has 0 atom stereocenters. The Labute approximate surface area is 126 Å². The number of thiophene rings is 1. The van der Waals surface area contributed by atoms with E-state index in [1.807, 2.05) is 23.8 Å². The number of halogens is 2. The Morgan fingerprint density at radius 1 is 1.40 bits per heavy atom. The Bertz CT molecular complexity index is 565. The van der Waals surface area contributed by atoms with Crippen molar-refractivity contribution < 1.29 is 9.18 Å². The lowest BCUT2D eigenvalue weighted by atomic mass is 10.1. The minimum absolute atomic E-state index is 0.0437. The summed E-state index contributed by atoms with van der Waals surface area (Å²) in [6.45, 7) is 3.02. The Balaban J connectivity index is 2.27. The zero-order valence-electron chi connectivity index (χ0n) is 11.1. The molecule has 0 bridgehead atoms. The highest BCUT2D eigenvalue weighted by molar-refractivity contribution is 7.07. The van der Waals surface area contributed by atoms with Crippen LogP contribution < -0.4 is 0 Å². The van der Waals surface area contributed by atoms with Gasteiger partial charge in [-0.05, 0) is 40.9 Å². The lowest BCUT2D eigenvalue weighted by Gasteiger charge is -2.22. The summed E-state index contributed by atoms with van der Waals surface area (Å²) in [7, 11) is 0. The van der Waals surface area contributed by atoms with E-state index in [4.69, 9.17) is 11.6 Å². The number of nitrogens with zero attached hydrogens (tertiary/aromatic N) is 1. The molecule has 0 aliphatic carbocycles. The van der Waals surface area contributed by atoms with Crippen molar-refractivity contribution in [3.63, 3.8) is 0 Å². The van der Waals surface area contributed by atoms with Crippen LogP contribution in [0.5, 0.6) is 0 Å². The smallest absolute Gasteiger partial charge is 0.258 e. The van der Waals surface area contributed by atoms with Gasteiger partial charge in [0.1, 0.15) is 5.82 Å². The van der Waals surface area contributed by atoms with Crippen LogP contribution in [0, 0.1) is 5.82 Å². The highest BCUT2D eigenvalue weighted by atomic mass is 35.5. The maximum atomic E-state index is 13.9. The zero-order valence-corrected chi connectivity index (χ0v) is 12.7. The molecule has 2 nitrogen and oxygen atoms in total. The van der Waals surface area contributed by atoms with Gasteiger partial charge in [-0.1, -0.05) is 24.6 Å². The van der Waals surface area contributed by atoms with Crippen molar-refractivity contribution in [1.82, 2.24) is 4.90 Å². The molecule has 0 aliphatic heterocycles. The van der Waals surface area contributed by atoms with E-state index in [1.165, 1.54) is 18.2 Å². The molecule has 1 aromatic carbocycles. The third-order valence-corrected chi connectivity index (χ3v) is 3.96. The Morgan fingerprint density at radius 3 is 2.80 bits per heavy atom. The number of hydrogen-bond acceptors (Lipinski definition) is 2. The van der Waals surface area contributed by atoms with Crippen LogP contribution in [0.2, 0.25) is 5.02 Å². The number of carbonyl (C=O) groups excluding carboxylic acids is 1. The van der Waals surface area contributed by atoms with Crippen molar-refractivity contribution in [2.24, 2.45) is 0 Å². The van der Waals surface area contributed by atoms with Crippen molar-refractivity contribution in [3.8, 4) is 0 Å². The Kier molecular flexibility index (Phi) is 5.15. The molecule has 2 aromatic rings. The highest BCUT2D eigenvalue weighted by Crippen LogP contribution is 2.22. The second-order valence-electron chi connectivity index (χ2n) is 4.45. The van der Waals surface area contributed by atoms with Gasteiger partial charge in [0.05, 0.1) is 10.6 Å². The van der Waals surface area contributed by atoms with Gasteiger partial charge in [0.15, 0.2) is 0 Å². The molecule has 0 aliphatic rings. The molecule has 1 heterocycles. The topological polar surface area (TPSA) is 20.3 Å². The second-order valence-corrected chi connectivity index (χ2v) is 5.64. The van der Waals surface area contributed by atoms with Crippen LogP contribution in [0.4, 0.5) is 4.39 Å². The maximum absolute atomic E-state index is 13.9. The fraction of sp³-hybridized carbons (Fsp3) is 0.267. The van der Waals surface area contributed by atoms with Crippen molar-refractivity contribution in [3.05, 3.63) is 57.0 Å². The summed E-state index contributed by atoms with van der Waals surface area (Å²) in [5.41, 5.74) is 1.00. The maximum Gasteiger partial charge on any atom is 0.258 e. The third-order valence-electron chi connectivity index (χ3n) is 2.91. The van der Waals surface area contributed by atoms with Gasteiger partial charge in [0.2, 0.25) is 0 Å². The predicted octanol–water partition coefficient (Wildman–Crippen LogP) is 4.59. The molecule has 106 valence electrons. The first kappa shape index (κ1) is 15.0. The molecular weight excluding hydrogens is 297 g/mol. The van der Waals surface area contributed by atoms with Crippen LogP contribution in [0.3, 0.4) is 0 Å². The standard InChI is InChI=1S/C15H15ClFNOS/c1-2-7-18(9-11-6-8-20-10-11)15(19)14-12(16)4-3-5-13(14)17/h3-6,8,10H,2,7,9H2,1H3. The van der Waals surface area contributed by atoms with Crippen LogP contribution in [0.25, 0.3) is 0 Å². The van der Waals surface area contributed by atoms with Crippen molar-refractivity contribution in [2.45, 2.75) is 19.9 Å². The average molecular weight is 312 g/mol. The van der Waals surface area contributed by atoms with E-state index in [2.05, 4.69) is 0 Å². The van der Waals surface area contributed by atoms with E-state index in [0.29, 0.717) is 13.1 Å². The van der Waals surface area contributed by atoms with Gasteiger partial charge in [-0.25, -0.2) is 4.39 Å². The quantitative estimate of drug-likeness (QED) is 0.790. The number of amides is 1. The predicted molar refractivity (Wildman–Crippen MR) is 80.8 cm³/mol. The summed E-state index contributed by atoms with van der Waals surface area (Å²) in [6.07, 6.45) is 0.807. The van der Waals surface area contributed by atoms with Crippen molar-refractivity contribution >= 4 is 28.8 Å². The molecular formula is C15H15ClFNOS. The van der Waals surface area contributed by atoms with E-state index in [9.17, 15) is 9.18 Å². The highest BCUT2D eigenvalue weighted by Gasteiger charge is 2.21. The first-order chi connectivity index (χ1) is 9.63. The summed E-state index contributed by atoms with van der Waals surface area (Å²) in [5, 5.41) is 4.10. The van der Waals surface area contributed by atoms with Gasteiger partial charge in [-0.2, -0.15) is 11.3 Å². The van der Waals surface area contributed by atoms with Gasteiger partial charge in [-0.3, -0.25) is 4.79 Å². The van der Waals surface area contributed by atoms with E-state index in [1.54, 1.807) is 16.2 Å². The average Bonchev–Trinajstić information content (AvgIpc) is 2.91. The van der Waals surface area contributed by atoms with Crippen LogP contribution in [0.15, 0.2) is 35.0 Å². The lowest BCUT2D eigenvalue weighted by Crippen LogP contribution is -2.32. The number of hydrogen-bond donors (Lipinski definition) is 0. The SMILES string of the molecule is CCCN(Cc1ccsc1)C(=O)c1c(F)cccc1Cl. The van der Waals surface area contributed by atoms with E-state index < -0.39 is 5.82 Å². The zero-order chi connectivity index (χ0) is 14.5. The first-order valence-corrected chi connectivity index (χ1v) is 7.70. The summed E-state index contributed by atoms with van der Waals surface area (Å²) in [4.78, 5) is 14.1. The molecule has 0 N–H and O–H groups in total. The van der Waals surface area contributed by atoms with Crippen LogP contribution >= 0.6 is 22.9 Å². The molecule has 0 unspecified atom stereocenters. The van der Waals surface area contributed by atoms with Gasteiger partial charge in [0, 0.05) is 13.1 Å². The first-order valence-electron chi connectivity index (χ1n) is 6.37. The molecule has 0 fully saturated rings. The normalized spacial score (nSPS) is 10.6. The Hall–Kier alpha value is -1.39. The molecule has 1 aromatic heterocycles. The molecule has 0 radical (unpaired) electrons. The van der Waals surface area contributed by atoms with Gasteiger partial charge in [-0.15, -0.1) is 0 Å². The summed E-state index contributed by atoms with van der Waals surface area (Å²) in [6, 6.07) is 6.25. The summed E-state index contributed by atoms with van der Waals surface area (Å²) in [5.74, 6) is -0.935.